The lowest BCUT2D eigenvalue weighted by Crippen LogP contribution is -2.29. The van der Waals surface area contributed by atoms with Crippen LogP contribution in [0.5, 0.6) is 5.75 Å². The Morgan fingerprint density at radius 2 is 2.23 bits per heavy atom. The van der Waals surface area contributed by atoms with Crippen molar-refractivity contribution in [3.63, 3.8) is 0 Å². The number of hydrogen-bond donors (Lipinski definition) is 2. The summed E-state index contributed by atoms with van der Waals surface area (Å²) in [6.45, 7) is 5.13. The molecule has 0 saturated heterocycles. The molecule has 6 heteroatoms. The lowest BCUT2D eigenvalue weighted by atomic mass is 9.97. The maximum atomic E-state index is 11.2. The van der Waals surface area contributed by atoms with Gasteiger partial charge in [0.25, 0.3) is 0 Å². The minimum Gasteiger partial charge on any atom is -0.497 e. The maximum Gasteiger partial charge on any atom is 0.307 e. The smallest absolute Gasteiger partial charge is 0.307 e. The third-order valence-electron chi connectivity index (χ3n) is 3.41. The summed E-state index contributed by atoms with van der Waals surface area (Å²) >= 11 is 1.60. The van der Waals surface area contributed by atoms with Gasteiger partial charge < -0.3 is 15.2 Å². The molecule has 22 heavy (non-hydrogen) atoms. The number of benzene rings is 1. The van der Waals surface area contributed by atoms with Crippen LogP contribution in [0.1, 0.15) is 25.3 Å². The fraction of sp³-hybridized carbons (Fsp3) is 0.500. The Labute approximate surface area is 134 Å². The van der Waals surface area contributed by atoms with Crippen molar-refractivity contribution in [2.24, 2.45) is 11.8 Å². The van der Waals surface area contributed by atoms with Crippen LogP contribution in [0.15, 0.2) is 18.2 Å². The van der Waals surface area contributed by atoms with Crippen LogP contribution < -0.4 is 10.1 Å². The van der Waals surface area contributed by atoms with Crippen molar-refractivity contribution in [3.05, 3.63) is 23.2 Å². The van der Waals surface area contributed by atoms with Gasteiger partial charge in [-0.15, -0.1) is 11.3 Å². The fourth-order valence-corrected chi connectivity index (χ4v) is 3.31. The van der Waals surface area contributed by atoms with Gasteiger partial charge in [0, 0.05) is 13.1 Å². The number of carboxylic acid groups (broad SMARTS) is 1. The molecule has 0 aliphatic carbocycles. The van der Waals surface area contributed by atoms with Gasteiger partial charge in [-0.25, -0.2) is 4.98 Å². The van der Waals surface area contributed by atoms with E-state index in [1.807, 2.05) is 32.0 Å². The van der Waals surface area contributed by atoms with Gasteiger partial charge in [-0.1, -0.05) is 13.8 Å². The number of nitrogens with one attached hydrogen (secondary N) is 1. The number of aromatic nitrogens is 1. The summed E-state index contributed by atoms with van der Waals surface area (Å²) in [6.07, 6.45) is 0.680. The van der Waals surface area contributed by atoms with Gasteiger partial charge in [0.1, 0.15) is 10.8 Å². The van der Waals surface area contributed by atoms with Crippen LogP contribution in [-0.4, -0.2) is 29.7 Å². The molecule has 2 rings (SSSR count). The molecule has 1 aromatic carbocycles. The first-order valence-corrected chi connectivity index (χ1v) is 8.18. The lowest BCUT2D eigenvalue weighted by Gasteiger charge is -2.14. The molecule has 1 aromatic heterocycles. The summed E-state index contributed by atoms with van der Waals surface area (Å²) in [5.41, 5.74) is 0.944. The number of thiazole rings is 1. The zero-order valence-corrected chi connectivity index (χ0v) is 13.9. The topological polar surface area (TPSA) is 71.5 Å². The summed E-state index contributed by atoms with van der Waals surface area (Å²) in [5, 5.41) is 13.4. The van der Waals surface area contributed by atoms with E-state index >= 15 is 0 Å². The number of hydrogen-bond acceptors (Lipinski definition) is 5. The fourth-order valence-electron chi connectivity index (χ4n) is 2.35. The van der Waals surface area contributed by atoms with Gasteiger partial charge >= 0.3 is 5.97 Å². The standard InChI is InChI=1S/C16H22N2O3S/c1-10(2)6-11(16(19)20)8-17-9-15-18-13-5-4-12(21-3)7-14(13)22-15/h4-5,7,10-11,17H,6,8-9H2,1-3H3,(H,19,20). The first-order valence-electron chi connectivity index (χ1n) is 7.36. The molecule has 1 atom stereocenters. The molecular weight excluding hydrogens is 300 g/mol. The molecule has 1 unspecified atom stereocenters. The number of nitrogens with zero attached hydrogens (tertiary/aromatic N) is 1. The van der Waals surface area contributed by atoms with Crippen LogP contribution >= 0.6 is 11.3 Å². The first-order chi connectivity index (χ1) is 10.5. The highest BCUT2D eigenvalue weighted by Gasteiger charge is 2.18. The summed E-state index contributed by atoms with van der Waals surface area (Å²) in [4.78, 5) is 15.8. The number of fused-ring (bicyclic) bond motifs is 1. The van der Waals surface area contributed by atoms with Crippen LogP contribution in [0.4, 0.5) is 0 Å². The SMILES string of the molecule is COc1ccc2nc(CNCC(CC(C)C)C(=O)O)sc2c1. The quantitative estimate of drug-likeness (QED) is 0.781. The van der Waals surface area contributed by atoms with E-state index in [9.17, 15) is 9.90 Å². The Bertz CT molecular complexity index is 639. The van der Waals surface area contributed by atoms with Crippen LogP contribution in [0.25, 0.3) is 10.2 Å². The molecule has 0 saturated carbocycles. The number of methoxy groups -OCH3 is 1. The van der Waals surface area contributed by atoms with Crippen molar-refractivity contribution in [2.45, 2.75) is 26.8 Å². The van der Waals surface area contributed by atoms with E-state index in [-0.39, 0.29) is 5.92 Å². The van der Waals surface area contributed by atoms with Gasteiger partial charge in [0.15, 0.2) is 0 Å². The lowest BCUT2D eigenvalue weighted by molar-refractivity contribution is -0.142. The molecular formula is C16H22N2O3S. The van der Waals surface area contributed by atoms with E-state index in [1.54, 1.807) is 18.4 Å². The Balaban J connectivity index is 1.95. The van der Waals surface area contributed by atoms with Crippen LogP contribution in [-0.2, 0) is 11.3 Å². The third kappa shape index (κ3) is 4.42. The molecule has 0 spiro atoms. The molecule has 1 heterocycles. The molecule has 0 fully saturated rings. The summed E-state index contributed by atoms with van der Waals surface area (Å²) in [7, 11) is 1.64. The van der Waals surface area contributed by atoms with Gasteiger partial charge in [0.05, 0.1) is 23.2 Å². The number of aliphatic carboxylic acids is 1. The highest BCUT2D eigenvalue weighted by atomic mass is 32.1. The summed E-state index contributed by atoms with van der Waals surface area (Å²) < 4.78 is 6.28. The Morgan fingerprint density at radius 3 is 2.86 bits per heavy atom. The van der Waals surface area contributed by atoms with Crippen molar-refractivity contribution in [1.29, 1.82) is 0 Å². The second-order valence-electron chi connectivity index (χ2n) is 5.74. The minimum absolute atomic E-state index is 0.352. The van der Waals surface area contributed by atoms with Crippen LogP contribution in [0.3, 0.4) is 0 Å². The van der Waals surface area contributed by atoms with Gasteiger partial charge in [0.2, 0.25) is 0 Å². The summed E-state index contributed by atoms with van der Waals surface area (Å²) in [5.74, 6) is 0.0982. The number of ether oxygens (including phenoxy) is 1. The largest absolute Gasteiger partial charge is 0.497 e. The van der Waals surface area contributed by atoms with Crippen LogP contribution in [0, 0.1) is 11.8 Å². The molecule has 5 nitrogen and oxygen atoms in total. The number of carbonyl (C=O) groups is 1. The van der Waals surface area contributed by atoms with E-state index in [0.717, 1.165) is 21.0 Å². The molecule has 120 valence electrons. The van der Waals surface area contributed by atoms with Crippen molar-refractivity contribution < 1.29 is 14.6 Å². The zero-order valence-electron chi connectivity index (χ0n) is 13.1. The average Bonchev–Trinajstić information content (AvgIpc) is 2.87. The van der Waals surface area contributed by atoms with Crippen molar-refractivity contribution in [2.75, 3.05) is 13.7 Å². The molecule has 0 aliphatic heterocycles. The summed E-state index contributed by atoms with van der Waals surface area (Å²) in [6, 6.07) is 5.80. The predicted octanol–water partition coefficient (Wildman–Crippen LogP) is 3.14. The average molecular weight is 322 g/mol. The van der Waals surface area contributed by atoms with Crippen molar-refractivity contribution in [1.82, 2.24) is 10.3 Å². The third-order valence-corrected chi connectivity index (χ3v) is 4.43. The Kier molecular flexibility index (Phi) is 5.74. The van der Waals surface area contributed by atoms with E-state index in [2.05, 4.69) is 10.3 Å². The van der Waals surface area contributed by atoms with E-state index < -0.39 is 5.97 Å². The zero-order chi connectivity index (χ0) is 16.1. The van der Waals surface area contributed by atoms with Gasteiger partial charge in [-0.3, -0.25) is 4.79 Å². The second kappa shape index (κ2) is 7.56. The molecule has 0 aliphatic rings. The second-order valence-corrected chi connectivity index (χ2v) is 6.85. The van der Waals surface area contributed by atoms with Gasteiger partial charge in [-0.05, 0) is 30.5 Å². The van der Waals surface area contributed by atoms with E-state index in [0.29, 0.717) is 25.4 Å². The minimum atomic E-state index is -0.741. The first kappa shape index (κ1) is 16.7. The van der Waals surface area contributed by atoms with E-state index in [4.69, 9.17) is 4.74 Å². The molecule has 2 N–H and O–H groups in total. The predicted molar refractivity (Wildman–Crippen MR) is 88.5 cm³/mol. The highest BCUT2D eigenvalue weighted by Crippen LogP contribution is 2.26. The molecule has 0 bridgehead atoms. The number of carboxylic acids is 1. The molecule has 0 amide bonds. The van der Waals surface area contributed by atoms with Crippen molar-refractivity contribution in [3.8, 4) is 5.75 Å². The molecule has 0 radical (unpaired) electrons. The van der Waals surface area contributed by atoms with Gasteiger partial charge in [-0.2, -0.15) is 0 Å². The number of rotatable bonds is 8. The van der Waals surface area contributed by atoms with Crippen molar-refractivity contribution >= 4 is 27.5 Å². The highest BCUT2D eigenvalue weighted by molar-refractivity contribution is 7.18. The van der Waals surface area contributed by atoms with E-state index in [1.165, 1.54) is 0 Å². The molecule has 2 aromatic rings. The van der Waals surface area contributed by atoms with Crippen LogP contribution in [0.2, 0.25) is 0 Å². The monoisotopic (exact) mass is 322 g/mol. The normalized spacial score (nSPS) is 12.7. The maximum absolute atomic E-state index is 11.2. The Morgan fingerprint density at radius 1 is 1.45 bits per heavy atom. The Hall–Kier alpha value is -1.66.